The zero-order valence-electron chi connectivity index (χ0n) is 12.0. The molecule has 1 atom stereocenters. The number of aromatic nitrogens is 3. The number of amides is 2. The number of nitro benzene ring substituents is 1. The van der Waals surface area contributed by atoms with E-state index in [1.54, 1.807) is 6.92 Å². The minimum absolute atomic E-state index is 0.0592. The van der Waals surface area contributed by atoms with Crippen molar-refractivity contribution in [1.29, 1.82) is 0 Å². The van der Waals surface area contributed by atoms with Gasteiger partial charge in [-0.2, -0.15) is 10.1 Å². The Kier molecular flexibility index (Phi) is 3.48. The van der Waals surface area contributed by atoms with Gasteiger partial charge in [0.1, 0.15) is 12.4 Å². The maximum absolute atomic E-state index is 12.4. The average Bonchev–Trinajstić information content (AvgIpc) is 2.96. The first kappa shape index (κ1) is 14.6. The molecule has 0 saturated carbocycles. The van der Waals surface area contributed by atoms with Gasteiger partial charge in [-0.1, -0.05) is 0 Å². The monoisotopic (exact) mass is 316 g/mol. The lowest BCUT2D eigenvalue weighted by molar-refractivity contribution is -0.384. The molecule has 0 radical (unpaired) electrons. The summed E-state index contributed by atoms with van der Waals surface area (Å²) in [5.41, 5.74) is 0.927. The van der Waals surface area contributed by atoms with Crippen LogP contribution in [0.1, 0.15) is 18.0 Å². The van der Waals surface area contributed by atoms with E-state index in [9.17, 15) is 19.7 Å². The minimum Gasteiger partial charge on any atom is -0.324 e. The predicted octanol–water partition coefficient (Wildman–Crippen LogP) is 1.02. The molecule has 1 aromatic carbocycles. The Balaban J connectivity index is 1.83. The fourth-order valence-electron chi connectivity index (χ4n) is 2.33. The summed E-state index contributed by atoms with van der Waals surface area (Å²) in [5, 5.41) is 19.9. The van der Waals surface area contributed by atoms with Crippen LogP contribution in [-0.4, -0.2) is 31.5 Å². The van der Waals surface area contributed by atoms with Crippen molar-refractivity contribution in [3.8, 4) is 0 Å². The van der Waals surface area contributed by atoms with Gasteiger partial charge in [0.2, 0.25) is 17.8 Å². The third kappa shape index (κ3) is 2.73. The number of nitro groups is 1. The van der Waals surface area contributed by atoms with E-state index in [0.29, 0.717) is 11.3 Å². The maximum Gasteiger partial charge on any atom is 0.269 e. The van der Waals surface area contributed by atoms with Crippen LogP contribution in [0.15, 0.2) is 24.5 Å². The number of non-ortho nitro benzene ring substituents is 1. The number of benzene rings is 1. The number of hydrogen-bond donors (Lipinski definition) is 2. The Morgan fingerprint density at radius 3 is 3.00 bits per heavy atom. The average molecular weight is 316 g/mol. The first-order valence-corrected chi connectivity index (χ1v) is 6.71. The van der Waals surface area contributed by atoms with Crippen molar-refractivity contribution in [3.05, 3.63) is 40.2 Å². The second kappa shape index (κ2) is 5.48. The molecule has 1 aromatic heterocycles. The first-order chi connectivity index (χ1) is 11.0. The van der Waals surface area contributed by atoms with Gasteiger partial charge in [-0.25, -0.2) is 4.68 Å². The molecule has 118 valence electrons. The molecular formula is C13H12N6O4. The second-order valence-corrected chi connectivity index (χ2v) is 5.04. The quantitative estimate of drug-likeness (QED) is 0.641. The molecule has 2 aromatic rings. The van der Waals surface area contributed by atoms with E-state index in [2.05, 4.69) is 20.7 Å². The Labute approximate surface area is 129 Å². The van der Waals surface area contributed by atoms with Crippen molar-refractivity contribution >= 4 is 29.1 Å². The molecule has 10 heteroatoms. The lowest BCUT2D eigenvalue weighted by Gasteiger charge is -2.22. The topological polar surface area (TPSA) is 132 Å². The first-order valence-electron chi connectivity index (χ1n) is 6.71. The molecule has 0 saturated heterocycles. The molecule has 0 fully saturated rings. The Hall–Kier alpha value is -3.30. The Morgan fingerprint density at radius 2 is 2.30 bits per heavy atom. The highest BCUT2D eigenvalue weighted by atomic mass is 16.6. The highest BCUT2D eigenvalue weighted by Gasteiger charge is 2.32. The third-order valence-corrected chi connectivity index (χ3v) is 3.48. The summed E-state index contributed by atoms with van der Waals surface area (Å²) < 4.78 is 1.33. The van der Waals surface area contributed by atoms with Crippen molar-refractivity contribution < 1.29 is 14.5 Å². The van der Waals surface area contributed by atoms with E-state index in [4.69, 9.17) is 0 Å². The molecule has 2 amide bonds. The molecule has 2 heterocycles. The SMILES string of the molecule is Cc1cc([N+](=O)[O-])ccc1NC(=O)[C@@H]1CC(=O)Nc2ncnn21. The van der Waals surface area contributed by atoms with E-state index in [1.165, 1.54) is 29.2 Å². The number of aryl methyl sites for hydroxylation is 1. The summed E-state index contributed by atoms with van der Waals surface area (Å²) >= 11 is 0. The summed E-state index contributed by atoms with van der Waals surface area (Å²) in [7, 11) is 0. The minimum atomic E-state index is -0.823. The lowest BCUT2D eigenvalue weighted by atomic mass is 10.1. The molecule has 0 spiro atoms. The number of nitrogens with zero attached hydrogens (tertiary/aromatic N) is 4. The van der Waals surface area contributed by atoms with Crippen LogP contribution in [0.4, 0.5) is 17.3 Å². The maximum atomic E-state index is 12.4. The van der Waals surface area contributed by atoms with Crippen LogP contribution >= 0.6 is 0 Å². The van der Waals surface area contributed by atoms with E-state index >= 15 is 0 Å². The molecule has 23 heavy (non-hydrogen) atoms. The van der Waals surface area contributed by atoms with Crippen LogP contribution in [-0.2, 0) is 9.59 Å². The van der Waals surface area contributed by atoms with E-state index in [0.717, 1.165) is 0 Å². The summed E-state index contributed by atoms with van der Waals surface area (Å²) in [4.78, 5) is 38.1. The van der Waals surface area contributed by atoms with Crippen molar-refractivity contribution in [2.24, 2.45) is 0 Å². The van der Waals surface area contributed by atoms with Crippen molar-refractivity contribution in [1.82, 2.24) is 14.8 Å². The summed E-state index contributed by atoms with van der Waals surface area (Å²) in [6.45, 7) is 1.65. The number of carbonyl (C=O) groups excluding carboxylic acids is 2. The summed E-state index contributed by atoms with van der Waals surface area (Å²) in [6, 6.07) is 3.30. The molecule has 1 aliphatic rings. The van der Waals surface area contributed by atoms with Crippen LogP contribution in [0, 0.1) is 17.0 Å². The number of nitrogens with one attached hydrogen (secondary N) is 2. The largest absolute Gasteiger partial charge is 0.324 e. The number of anilines is 2. The Morgan fingerprint density at radius 1 is 1.52 bits per heavy atom. The van der Waals surface area contributed by atoms with Crippen LogP contribution < -0.4 is 10.6 Å². The molecule has 10 nitrogen and oxygen atoms in total. The fourth-order valence-corrected chi connectivity index (χ4v) is 2.33. The molecule has 0 bridgehead atoms. The zero-order chi connectivity index (χ0) is 16.6. The van der Waals surface area contributed by atoms with Gasteiger partial charge in [-0.05, 0) is 18.6 Å². The van der Waals surface area contributed by atoms with Crippen LogP contribution in [0.25, 0.3) is 0 Å². The molecule has 0 unspecified atom stereocenters. The molecule has 0 aliphatic carbocycles. The van der Waals surface area contributed by atoms with Gasteiger partial charge < -0.3 is 5.32 Å². The summed E-state index contributed by atoms with van der Waals surface area (Å²) in [6.07, 6.45) is 1.19. The van der Waals surface area contributed by atoms with Crippen LogP contribution in [0.2, 0.25) is 0 Å². The van der Waals surface area contributed by atoms with E-state index in [1.807, 2.05) is 0 Å². The van der Waals surface area contributed by atoms with Gasteiger partial charge in [0.15, 0.2) is 0 Å². The smallest absolute Gasteiger partial charge is 0.269 e. The summed E-state index contributed by atoms with van der Waals surface area (Å²) in [5.74, 6) is -0.559. The van der Waals surface area contributed by atoms with Gasteiger partial charge in [-0.3, -0.25) is 25.0 Å². The van der Waals surface area contributed by atoms with Gasteiger partial charge >= 0.3 is 0 Å². The van der Waals surface area contributed by atoms with Gasteiger partial charge in [0.25, 0.3) is 5.69 Å². The van der Waals surface area contributed by atoms with Crippen molar-refractivity contribution in [3.63, 3.8) is 0 Å². The number of rotatable bonds is 3. The molecule has 2 N–H and O–H groups in total. The highest BCUT2D eigenvalue weighted by molar-refractivity contribution is 6.01. The predicted molar refractivity (Wildman–Crippen MR) is 78.8 cm³/mol. The van der Waals surface area contributed by atoms with E-state index in [-0.39, 0.29) is 24.0 Å². The Bertz CT molecular complexity index is 815. The second-order valence-electron chi connectivity index (χ2n) is 5.04. The number of hydrogen-bond acceptors (Lipinski definition) is 6. The number of fused-ring (bicyclic) bond motifs is 1. The third-order valence-electron chi connectivity index (χ3n) is 3.48. The molecule has 3 rings (SSSR count). The fraction of sp³-hybridized carbons (Fsp3) is 0.231. The molecule has 1 aliphatic heterocycles. The normalized spacial score (nSPS) is 16.4. The van der Waals surface area contributed by atoms with Crippen LogP contribution in [0.3, 0.4) is 0 Å². The van der Waals surface area contributed by atoms with Gasteiger partial charge in [0, 0.05) is 17.8 Å². The van der Waals surface area contributed by atoms with Crippen molar-refractivity contribution in [2.75, 3.05) is 10.6 Å². The highest BCUT2D eigenvalue weighted by Crippen LogP contribution is 2.25. The molecular weight excluding hydrogens is 304 g/mol. The van der Waals surface area contributed by atoms with Gasteiger partial charge in [0.05, 0.1) is 11.3 Å². The standard InChI is InChI=1S/C13H12N6O4/c1-7-4-8(19(22)23)2-3-9(7)16-12(21)10-5-11(20)17-13-14-6-15-18(10)13/h2-4,6,10H,5H2,1H3,(H,16,21)(H,14,15,17,20)/t10-/m0/s1. The lowest BCUT2D eigenvalue weighted by Crippen LogP contribution is -2.36. The van der Waals surface area contributed by atoms with Crippen molar-refractivity contribution in [2.45, 2.75) is 19.4 Å². The van der Waals surface area contributed by atoms with Gasteiger partial charge in [-0.15, -0.1) is 0 Å². The zero-order valence-corrected chi connectivity index (χ0v) is 12.0. The van der Waals surface area contributed by atoms with Crippen LogP contribution in [0.5, 0.6) is 0 Å². The number of carbonyl (C=O) groups is 2. The van der Waals surface area contributed by atoms with E-state index < -0.39 is 16.9 Å².